The Balaban J connectivity index is 1.72. The van der Waals surface area contributed by atoms with Crippen LogP contribution in [-0.4, -0.2) is 64.7 Å². The molecule has 2 N–H and O–H groups in total. The van der Waals surface area contributed by atoms with Gasteiger partial charge in [0.25, 0.3) is 0 Å². The first-order valence-electron chi connectivity index (χ1n) is 8.69. The molecule has 0 aliphatic carbocycles. The number of piperazine rings is 1. The van der Waals surface area contributed by atoms with Gasteiger partial charge in [0.1, 0.15) is 0 Å². The van der Waals surface area contributed by atoms with E-state index in [1.807, 2.05) is 29.3 Å². The molecule has 0 spiro atoms. The molecule has 0 radical (unpaired) electrons. The molecule has 6 nitrogen and oxygen atoms in total. The predicted molar refractivity (Wildman–Crippen MR) is 94.6 cm³/mol. The molecule has 6 heteroatoms. The molecule has 1 atom stereocenters. The van der Waals surface area contributed by atoms with E-state index in [4.69, 9.17) is 0 Å². The zero-order valence-electron chi connectivity index (χ0n) is 15.0. The highest BCUT2D eigenvalue weighted by atomic mass is 16.3. The number of hydrogen-bond donors (Lipinski definition) is 2. The molecule has 2 amide bonds. The molecule has 1 aliphatic heterocycles. The van der Waals surface area contributed by atoms with Crippen molar-refractivity contribution >= 4 is 6.03 Å². The lowest BCUT2D eigenvalue weighted by Crippen LogP contribution is -2.52. The van der Waals surface area contributed by atoms with Gasteiger partial charge in [-0.05, 0) is 30.9 Å². The van der Waals surface area contributed by atoms with Crippen molar-refractivity contribution in [2.45, 2.75) is 39.8 Å². The molecule has 1 fully saturated rings. The first kappa shape index (κ1) is 18.7. The zero-order chi connectivity index (χ0) is 17.6. The molecule has 24 heavy (non-hydrogen) atoms. The van der Waals surface area contributed by atoms with Gasteiger partial charge in [0, 0.05) is 45.5 Å². The van der Waals surface area contributed by atoms with Gasteiger partial charge < -0.3 is 15.3 Å². The van der Waals surface area contributed by atoms with Gasteiger partial charge in [-0.2, -0.15) is 0 Å². The van der Waals surface area contributed by atoms with Gasteiger partial charge in [-0.3, -0.25) is 9.88 Å². The van der Waals surface area contributed by atoms with Gasteiger partial charge in [0.15, 0.2) is 0 Å². The Labute approximate surface area is 144 Å². The van der Waals surface area contributed by atoms with E-state index in [9.17, 15) is 9.90 Å². The third-order valence-corrected chi connectivity index (χ3v) is 4.34. The summed E-state index contributed by atoms with van der Waals surface area (Å²) in [6.45, 7) is 10.5. The number of rotatable bonds is 6. The fourth-order valence-corrected chi connectivity index (χ4v) is 3.13. The Bertz CT molecular complexity index is 511. The lowest BCUT2D eigenvalue weighted by molar-refractivity contribution is 0.118. The first-order chi connectivity index (χ1) is 11.4. The fourth-order valence-electron chi connectivity index (χ4n) is 3.13. The predicted octanol–water partition coefficient (Wildman–Crippen LogP) is 1.71. The summed E-state index contributed by atoms with van der Waals surface area (Å²) in [5.74, 6) is 0. The molecule has 1 aliphatic rings. The molecule has 2 heterocycles. The minimum absolute atomic E-state index is 0.00819. The van der Waals surface area contributed by atoms with Crippen LogP contribution >= 0.6 is 0 Å². The molecule has 0 aromatic carbocycles. The Morgan fingerprint density at radius 3 is 2.62 bits per heavy atom. The van der Waals surface area contributed by atoms with Gasteiger partial charge in [0.05, 0.1) is 11.8 Å². The van der Waals surface area contributed by atoms with Gasteiger partial charge >= 0.3 is 6.03 Å². The third-order valence-electron chi connectivity index (χ3n) is 4.34. The summed E-state index contributed by atoms with van der Waals surface area (Å²) in [7, 11) is 0. The first-order valence-corrected chi connectivity index (χ1v) is 8.69. The highest BCUT2D eigenvalue weighted by Crippen LogP contribution is 2.21. The van der Waals surface area contributed by atoms with Crippen LogP contribution in [0.15, 0.2) is 24.4 Å². The van der Waals surface area contributed by atoms with Crippen LogP contribution in [0.4, 0.5) is 4.79 Å². The van der Waals surface area contributed by atoms with Crippen LogP contribution in [0.5, 0.6) is 0 Å². The summed E-state index contributed by atoms with van der Waals surface area (Å²) in [5, 5.41) is 12.5. The van der Waals surface area contributed by atoms with Crippen molar-refractivity contribution in [3.05, 3.63) is 30.1 Å². The van der Waals surface area contributed by atoms with Crippen LogP contribution in [0.2, 0.25) is 0 Å². The SMILES string of the molecule is C[C@H](O)CC(C)(C)CNC(=O)N1CCN(Cc2ccccn2)CC1. The number of urea groups is 1. The van der Waals surface area contributed by atoms with E-state index in [-0.39, 0.29) is 17.6 Å². The average Bonchev–Trinajstić information content (AvgIpc) is 2.53. The van der Waals surface area contributed by atoms with E-state index >= 15 is 0 Å². The minimum atomic E-state index is -0.355. The van der Waals surface area contributed by atoms with E-state index in [2.05, 4.69) is 29.0 Å². The molecular formula is C18H30N4O2. The maximum absolute atomic E-state index is 12.3. The number of nitrogens with one attached hydrogen (secondary N) is 1. The lowest BCUT2D eigenvalue weighted by Gasteiger charge is -2.35. The van der Waals surface area contributed by atoms with Crippen molar-refractivity contribution in [1.82, 2.24) is 20.1 Å². The van der Waals surface area contributed by atoms with Gasteiger partial charge in [-0.15, -0.1) is 0 Å². The van der Waals surface area contributed by atoms with Crippen molar-refractivity contribution in [2.75, 3.05) is 32.7 Å². The third kappa shape index (κ3) is 6.09. The number of amides is 2. The van der Waals surface area contributed by atoms with Crippen molar-refractivity contribution in [1.29, 1.82) is 0 Å². The highest BCUT2D eigenvalue weighted by Gasteiger charge is 2.25. The number of nitrogens with zero attached hydrogens (tertiary/aromatic N) is 3. The fraction of sp³-hybridized carbons (Fsp3) is 0.667. The quantitative estimate of drug-likeness (QED) is 0.831. The number of carbonyl (C=O) groups excluding carboxylic acids is 1. The maximum Gasteiger partial charge on any atom is 0.317 e. The number of aliphatic hydroxyl groups is 1. The second-order valence-electron chi connectivity index (χ2n) is 7.46. The van der Waals surface area contributed by atoms with Crippen LogP contribution in [0.25, 0.3) is 0 Å². The zero-order valence-corrected chi connectivity index (χ0v) is 15.0. The minimum Gasteiger partial charge on any atom is -0.393 e. The number of pyridine rings is 1. The Kier molecular flexibility index (Phi) is 6.57. The summed E-state index contributed by atoms with van der Waals surface area (Å²) in [6, 6.07) is 5.95. The monoisotopic (exact) mass is 334 g/mol. The molecule has 2 rings (SSSR count). The van der Waals surface area contributed by atoms with E-state index in [0.717, 1.165) is 38.4 Å². The van der Waals surface area contributed by atoms with Crippen molar-refractivity contribution < 1.29 is 9.90 Å². The summed E-state index contributed by atoms with van der Waals surface area (Å²) < 4.78 is 0. The highest BCUT2D eigenvalue weighted by molar-refractivity contribution is 5.74. The van der Waals surface area contributed by atoms with Gasteiger partial charge in [-0.1, -0.05) is 19.9 Å². The van der Waals surface area contributed by atoms with E-state index in [1.54, 1.807) is 6.92 Å². The Morgan fingerprint density at radius 2 is 2.04 bits per heavy atom. The van der Waals surface area contributed by atoms with Crippen LogP contribution in [0, 0.1) is 5.41 Å². The van der Waals surface area contributed by atoms with Crippen LogP contribution < -0.4 is 5.32 Å². The molecule has 1 aromatic heterocycles. The lowest BCUT2D eigenvalue weighted by atomic mass is 9.87. The molecule has 0 unspecified atom stereocenters. The number of aromatic nitrogens is 1. The number of hydrogen-bond acceptors (Lipinski definition) is 4. The summed E-state index contributed by atoms with van der Waals surface area (Å²) in [6.07, 6.45) is 2.13. The smallest absolute Gasteiger partial charge is 0.317 e. The molecule has 1 saturated heterocycles. The largest absolute Gasteiger partial charge is 0.393 e. The average molecular weight is 334 g/mol. The Hall–Kier alpha value is -1.66. The van der Waals surface area contributed by atoms with E-state index < -0.39 is 0 Å². The van der Waals surface area contributed by atoms with E-state index in [1.165, 1.54) is 0 Å². The molecule has 1 aromatic rings. The summed E-state index contributed by atoms with van der Waals surface area (Å²) in [4.78, 5) is 20.9. The van der Waals surface area contributed by atoms with Gasteiger partial charge in [-0.25, -0.2) is 4.79 Å². The molecular weight excluding hydrogens is 304 g/mol. The van der Waals surface area contributed by atoms with Crippen LogP contribution in [0.3, 0.4) is 0 Å². The maximum atomic E-state index is 12.3. The van der Waals surface area contributed by atoms with Crippen molar-refractivity contribution in [3.8, 4) is 0 Å². The Morgan fingerprint density at radius 1 is 1.33 bits per heavy atom. The van der Waals surface area contributed by atoms with Crippen LogP contribution in [-0.2, 0) is 6.54 Å². The standard InChI is InChI=1S/C18H30N4O2/c1-15(23)12-18(2,3)14-20-17(24)22-10-8-21(9-11-22)13-16-6-4-5-7-19-16/h4-7,15,23H,8-14H2,1-3H3,(H,20,24)/t15-/m0/s1. The summed E-state index contributed by atoms with van der Waals surface area (Å²) in [5.41, 5.74) is 0.959. The van der Waals surface area contributed by atoms with Gasteiger partial charge in [0.2, 0.25) is 0 Å². The second-order valence-corrected chi connectivity index (χ2v) is 7.46. The van der Waals surface area contributed by atoms with Crippen molar-refractivity contribution in [3.63, 3.8) is 0 Å². The van der Waals surface area contributed by atoms with Crippen molar-refractivity contribution in [2.24, 2.45) is 5.41 Å². The molecule has 134 valence electrons. The number of aliphatic hydroxyl groups excluding tert-OH is 1. The summed E-state index contributed by atoms with van der Waals surface area (Å²) >= 11 is 0. The van der Waals surface area contributed by atoms with Crippen LogP contribution in [0.1, 0.15) is 32.9 Å². The topological polar surface area (TPSA) is 68.7 Å². The number of carbonyl (C=O) groups is 1. The normalized spacial score (nSPS) is 17.6. The van der Waals surface area contributed by atoms with E-state index in [0.29, 0.717) is 13.0 Å². The second kappa shape index (κ2) is 8.44. The molecule has 0 bridgehead atoms. The molecule has 0 saturated carbocycles.